The number of hydrogen-bond donors (Lipinski definition) is 1. The molecule has 0 radical (unpaired) electrons. The van der Waals surface area contributed by atoms with E-state index in [9.17, 15) is 18.0 Å². The van der Waals surface area contributed by atoms with Gasteiger partial charge in [-0.05, 0) is 6.07 Å². The highest BCUT2D eigenvalue weighted by Gasteiger charge is 2.21. The zero-order valence-corrected chi connectivity index (χ0v) is 12.7. The molecule has 0 aliphatic rings. The molecular weight excluding hydrogens is 306 g/mol. The van der Waals surface area contributed by atoms with Crippen molar-refractivity contribution in [2.45, 2.75) is 4.21 Å². The molecule has 7 nitrogen and oxygen atoms in total. The lowest BCUT2D eigenvalue weighted by molar-refractivity contribution is -0.137. The van der Waals surface area contributed by atoms with E-state index < -0.39 is 28.3 Å². The second kappa shape index (κ2) is 6.82. The molecule has 112 valence electrons. The second-order valence-corrected chi connectivity index (χ2v) is 7.19. The maximum Gasteiger partial charge on any atom is 0.323 e. The second-order valence-electron chi connectivity index (χ2n) is 4.04. The van der Waals surface area contributed by atoms with E-state index in [0.717, 1.165) is 22.5 Å². The molecule has 0 fully saturated rings. The Balaban J connectivity index is 2.93. The first kappa shape index (κ1) is 16.6. The first-order chi connectivity index (χ1) is 9.25. The molecule has 0 unspecified atom stereocenters. The standard InChI is InChI=1S/C11H15NO6S2/c1-18-4-3-12(6-9(13)14)11(15)8-5-10(19-7-8)20(2,16)17/h5,7H,3-4,6H2,1-2H3,(H,13,14). The number of rotatable bonds is 7. The third-order valence-electron chi connectivity index (χ3n) is 2.37. The number of carbonyl (C=O) groups excluding carboxylic acids is 1. The molecular formula is C11H15NO6S2. The van der Waals surface area contributed by atoms with Crippen molar-refractivity contribution in [3.8, 4) is 0 Å². The molecule has 1 aromatic heterocycles. The number of aliphatic carboxylic acids is 1. The van der Waals surface area contributed by atoms with Gasteiger partial charge in [-0.3, -0.25) is 9.59 Å². The highest BCUT2D eigenvalue weighted by molar-refractivity contribution is 7.92. The van der Waals surface area contributed by atoms with Crippen LogP contribution in [0.2, 0.25) is 0 Å². The number of nitrogens with zero attached hydrogens (tertiary/aromatic N) is 1. The average Bonchev–Trinajstić information content (AvgIpc) is 2.82. The fourth-order valence-electron chi connectivity index (χ4n) is 1.42. The van der Waals surface area contributed by atoms with Crippen LogP contribution in [0.25, 0.3) is 0 Å². The van der Waals surface area contributed by atoms with E-state index in [1.54, 1.807) is 0 Å². The van der Waals surface area contributed by atoms with E-state index >= 15 is 0 Å². The highest BCUT2D eigenvalue weighted by atomic mass is 32.2. The van der Waals surface area contributed by atoms with E-state index in [0.29, 0.717) is 0 Å². The lowest BCUT2D eigenvalue weighted by atomic mass is 10.3. The van der Waals surface area contributed by atoms with Crippen LogP contribution in [0.4, 0.5) is 0 Å². The van der Waals surface area contributed by atoms with E-state index in [-0.39, 0.29) is 22.9 Å². The van der Waals surface area contributed by atoms with E-state index in [1.807, 2.05) is 0 Å². The first-order valence-electron chi connectivity index (χ1n) is 5.54. The van der Waals surface area contributed by atoms with Gasteiger partial charge < -0.3 is 14.7 Å². The molecule has 0 saturated heterocycles. The third kappa shape index (κ3) is 4.58. The van der Waals surface area contributed by atoms with Crippen molar-refractivity contribution in [1.82, 2.24) is 4.90 Å². The fourth-order valence-corrected chi connectivity index (χ4v) is 3.21. The summed E-state index contributed by atoms with van der Waals surface area (Å²) in [5.41, 5.74) is 0.160. The highest BCUT2D eigenvalue weighted by Crippen LogP contribution is 2.21. The van der Waals surface area contributed by atoms with Crippen molar-refractivity contribution in [3.63, 3.8) is 0 Å². The summed E-state index contributed by atoms with van der Waals surface area (Å²) in [6.07, 6.45) is 1.05. The maximum absolute atomic E-state index is 12.1. The molecule has 0 saturated carbocycles. The molecule has 0 spiro atoms. The van der Waals surface area contributed by atoms with Gasteiger partial charge in [0.05, 0.1) is 12.2 Å². The number of carbonyl (C=O) groups is 2. The summed E-state index contributed by atoms with van der Waals surface area (Å²) in [7, 11) is -1.93. The topological polar surface area (TPSA) is 101 Å². The number of methoxy groups -OCH3 is 1. The average molecular weight is 321 g/mol. The van der Waals surface area contributed by atoms with Crippen LogP contribution in [0.5, 0.6) is 0 Å². The number of hydrogen-bond acceptors (Lipinski definition) is 6. The largest absolute Gasteiger partial charge is 0.480 e. The van der Waals surface area contributed by atoms with Crippen molar-refractivity contribution in [2.24, 2.45) is 0 Å². The zero-order valence-electron chi connectivity index (χ0n) is 11.0. The van der Waals surface area contributed by atoms with Crippen LogP contribution in [-0.4, -0.2) is 63.4 Å². The van der Waals surface area contributed by atoms with Crippen molar-refractivity contribution in [1.29, 1.82) is 0 Å². The summed E-state index contributed by atoms with van der Waals surface area (Å²) in [5, 5.41) is 10.2. The molecule has 0 bridgehead atoms. The molecule has 0 aliphatic carbocycles. The predicted octanol–water partition coefficient (Wildman–Crippen LogP) is 0.325. The lowest BCUT2D eigenvalue weighted by Crippen LogP contribution is -2.37. The van der Waals surface area contributed by atoms with E-state index in [4.69, 9.17) is 9.84 Å². The molecule has 0 aliphatic heterocycles. The van der Waals surface area contributed by atoms with Crippen molar-refractivity contribution >= 4 is 33.1 Å². The van der Waals surface area contributed by atoms with E-state index in [1.165, 1.54) is 18.6 Å². The SMILES string of the molecule is COCCN(CC(=O)O)C(=O)c1csc(S(C)(=O)=O)c1. The van der Waals surface area contributed by atoms with Crippen LogP contribution < -0.4 is 0 Å². The Morgan fingerprint density at radius 3 is 2.55 bits per heavy atom. The molecule has 20 heavy (non-hydrogen) atoms. The minimum atomic E-state index is -3.37. The summed E-state index contributed by atoms with van der Waals surface area (Å²) in [6.45, 7) is -0.153. The van der Waals surface area contributed by atoms with Gasteiger partial charge in [0.25, 0.3) is 5.91 Å². The Labute approximate surface area is 120 Å². The van der Waals surface area contributed by atoms with Crippen molar-refractivity contribution in [2.75, 3.05) is 33.1 Å². The van der Waals surface area contributed by atoms with Crippen molar-refractivity contribution in [3.05, 3.63) is 17.0 Å². The Hall–Kier alpha value is -1.45. The van der Waals surface area contributed by atoms with Gasteiger partial charge in [-0.2, -0.15) is 0 Å². The monoisotopic (exact) mass is 321 g/mol. The van der Waals surface area contributed by atoms with Crippen LogP contribution in [-0.2, 0) is 19.4 Å². The zero-order chi connectivity index (χ0) is 15.3. The van der Waals surface area contributed by atoms with Crippen LogP contribution in [0, 0.1) is 0 Å². The quantitative estimate of drug-likeness (QED) is 0.776. The summed E-state index contributed by atoms with van der Waals surface area (Å²) >= 11 is 0.931. The molecule has 1 N–H and O–H groups in total. The molecule has 1 rings (SSSR count). The van der Waals surface area contributed by atoms with Crippen molar-refractivity contribution < 1.29 is 27.9 Å². The molecule has 1 aromatic rings. The van der Waals surface area contributed by atoms with Crippen LogP contribution in [0.3, 0.4) is 0 Å². The van der Waals surface area contributed by atoms with Gasteiger partial charge in [0, 0.05) is 25.3 Å². The minimum Gasteiger partial charge on any atom is -0.480 e. The third-order valence-corrected chi connectivity index (χ3v) is 5.13. The van der Waals surface area contributed by atoms with E-state index in [2.05, 4.69) is 0 Å². The number of carboxylic acids is 1. The summed E-state index contributed by atoms with van der Waals surface area (Å²) in [6, 6.07) is 1.25. The molecule has 9 heteroatoms. The maximum atomic E-state index is 12.1. The van der Waals surface area contributed by atoms with Crippen LogP contribution in [0.15, 0.2) is 15.7 Å². The van der Waals surface area contributed by atoms with Gasteiger partial charge in [0.1, 0.15) is 10.8 Å². The normalized spacial score (nSPS) is 11.3. The predicted molar refractivity (Wildman–Crippen MR) is 72.8 cm³/mol. The molecule has 1 amide bonds. The number of amides is 1. The summed E-state index contributed by atoms with van der Waals surface area (Å²) in [4.78, 5) is 24.0. The van der Waals surface area contributed by atoms with Gasteiger partial charge in [-0.25, -0.2) is 8.42 Å². The number of thiophene rings is 1. The minimum absolute atomic E-state index is 0.0721. The van der Waals surface area contributed by atoms with Gasteiger partial charge in [-0.1, -0.05) is 0 Å². The van der Waals surface area contributed by atoms with Gasteiger partial charge >= 0.3 is 5.97 Å². The van der Waals surface area contributed by atoms with Gasteiger partial charge in [0.15, 0.2) is 9.84 Å². The Bertz CT molecular complexity index is 592. The van der Waals surface area contributed by atoms with Gasteiger partial charge in [-0.15, -0.1) is 11.3 Å². The molecule has 1 heterocycles. The smallest absolute Gasteiger partial charge is 0.323 e. The number of sulfone groups is 1. The number of ether oxygens (including phenoxy) is 1. The Morgan fingerprint density at radius 1 is 1.45 bits per heavy atom. The summed E-state index contributed by atoms with van der Waals surface area (Å²) in [5.74, 6) is -1.68. The molecule has 0 aromatic carbocycles. The Kier molecular flexibility index (Phi) is 5.66. The lowest BCUT2D eigenvalue weighted by Gasteiger charge is -2.19. The Morgan fingerprint density at radius 2 is 2.10 bits per heavy atom. The fraction of sp³-hybridized carbons (Fsp3) is 0.455. The first-order valence-corrected chi connectivity index (χ1v) is 8.31. The molecule has 0 atom stereocenters. The van der Waals surface area contributed by atoms with Crippen LogP contribution >= 0.6 is 11.3 Å². The number of carboxylic acid groups (broad SMARTS) is 1. The van der Waals surface area contributed by atoms with Crippen LogP contribution in [0.1, 0.15) is 10.4 Å². The summed E-state index contributed by atoms with van der Waals surface area (Å²) < 4.78 is 27.6. The van der Waals surface area contributed by atoms with Gasteiger partial charge in [0.2, 0.25) is 0 Å².